The van der Waals surface area contributed by atoms with Crippen molar-refractivity contribution in [1.29, 1.82) is 0 Å². The lowest BCUT2D eigenvalue weighted by Gasteiger charge is -2.15. The number of methoxy groups -OCH3 is 1. The minimum absolute atomic E-state index is 0.202. The van der Waals surface area contributed by atoms with Gasteiger partial charge in [0.05, 0.1) is 12.8 Å². The molecule has 92 valence electrons. The number of hydrogen-bond donors (Lipinski definition) is 1. The summed E-state index contributed by atoms with van der Waals surface area (Å²) in [6.07, 6.45) is -0.727. The van der Waals surface area contributed by atoms with Crippen molar-refractivity contribution in [3.05, 3.63) is 24.3 Å². The minimum Gasteiger partial charge on any atom is -0.477 e. The molecule has 5 nitrogen and oxygen atoms in total. The molecule has 0 saturated heterocycles. The van der Waals surface area contributed by atoms with Crippen molar-refractivity contribution >= 4 is 17.6 Å². The zero-order valence-electron chi connectivity index (χ0n) is 10.0. The van der Waals surface area contributed by atoms with Crippen LogP contribution in [0.1, 0.15) is 13.8 Å². The molecule has 0 heterocycles. The molecule has 0 fully saturated rings. The molecule has 5 heteroatoms. The maximum atomic E-state index is 11.2. The molecule has 17 heavy (non-hydrogen) atoms. The van der Waals surface area contributed by atoms with Gasteiger partial charge in [0, 0.05) is 6.92 Å². The number of ether oxygens (including phenoxy) is 2. The first kappa shape index (κ1) is 13.0. The van der Waals surface area contributed by atoms with Gasteiger partial charge in [0.1, 0.15) is 5.75 Å². The first-order valence-corrected chi connectivity index (χ1v) is 5.15. The predicted molar refractivity (Wildman–Crippen MR) is 62.9 cm³/mol. The largest absolute Gasteiger partial charge is 0.477 e. The van der Waals surface area contributed by atoms with E-state index in [2.05, 4.69) is 10.1 Å². The van der Waals surface area contributed by atoms with E-state index in [0.717, 1.165) is 0 Å². The second kappa shape index (κ2) is 5.89. The third-order valence-corrected chi connectivity index (χ3v) is 2.03. The molecule has 0 aromatic heterocycles. The van der Waals surface area contributed by atoms with Crippen LogP contribution in [0.4, 0.5) is 5.69 Å². The SMILES string of the molecule is COC(=O)C(C)Oc1ccccc1NC(C)=O. The lowest BCUT2D eigenvalue weighted by Crippen LogP contribution is -2.25. The first-order valence-electron chi connectivity index (χ1n) is 5.15. The quantitative estimate of drug-likeness (QED) is 0.807. The van der Waals surface area contributed by atoms with E-state index in [1.807, 2.05) is 0 Å². The van der Waals surface area contributed by atoms with Crippen LogP contribution >= 0.6 is 0 Å². The maximum Gasteiger partial charge on any atom is 0.346 e. The minimum atomic E-state index is -0.727. The predicted octanol–water partition coefficient (Wildman–Crippen LogP) is 1.59. The van der Waals surface area contributed by atoms with Gasteiger partial charge in [-0.3, -0.25) is 4.79 Å². The maximum absolute atomic E-state index is 11.2. The molecule has 0 aliphatic carbocycles. The second-order valence-corrected chi connectivity index (χ2v) is 3.46. The molecule has 0 bridgehead atoms. The standard InChI is InChI=1S/C12H15NO4/c1-8(12(15)16-3)17-11-7-5-4-6-10(11)13-9(2)14/h4-8H,1-3H3,(H,13,14). The van der Waals surface area contributed by atoms with Crippen molar-refractivity contribution in [3.8, 4) is 5.75 Å². The molecule has 1 unspecified atom stereocenters. The summed E-state index contributed by atoms with van der Waals surface area (Å²) in [6, 6.07) is 6.89. The van der Waals surface area contributed by atoms with Crippen molar-refractivity contribution in [2.75, 3.05) is 12.4 Å². The van der Waals surface area contributed by atoms with E-state index in [1.54, 1.807) is 31.2 Å². The lowest BCUT2D eigenvalue weighted by atomic mass is 10.3. The number of hydrogen-bond acceptors (Lipinski definition) is 4. The van der Waals surface area contributed by atoms with Crippen LogP contribution < -0.4 is 10.1 Å². The summed E-state index contributed by atoms with van der Waals surface area (Å²) in [6.45, 7) is 2.98. The smallest absolute Gasteiger partial charge is 0.346 e. The van der Waals surface area contributed by atoms with Gasteiger partial charge < -0.3 is 14.8 Å². The zero-order chi connectivity index (χ0) is 12.8. The fourth-order valence-electron chi connectivity index (χ4n) is 1.27. The molecule has 1 aromatic rings. The summed E-state index contributed by atoms with van der Waals surface area (Å²) < 4.78 is 9.96. The van der Waals surface area contributed by atoms with Crippen molar-refractivity contribution in [2.24, 2.45) is 0 Å². The summed E-state index contributed by atoms with van der Waals surface area (Å²) in [4.78, 5) is 22.2. The normalized spacial score (nSPS) is 11.5. The summed E-state index contributed by atoms with van der Waals surface area (Å²) in [5.41, 5.74) is 0.524. The topological polar surface area (TPSA) is 64.6 Å². The molecular formula is C12H15NO4. The fourth-order valence-corrected chi connectivity index (χ4v) is 1.27. The number of nitrogens with one attached hydrogen (secondary N) is 1. The molecule has 1 atom stereocenters. The van der Waals surface area contributed by atoms with Crippen molar-refractivity contribution < 1.29 is 19.1 Å². The van der Waals surface area contributed by atoms with E-state index in [4.69, 9.17) is 4.74 Å². The molecule has 1 amide bonds. The highest BCUT2D eigenvalue weighted by Crippen LogP contribution is 2.24. The lowest BCUT2D eigenvalue weighted by molar-refractivity contribution is -0.147. The first-order chi connectivity index (χ1) is 8.04. The van der Waals surface area contributed by atoms with Gasteiger partial charge in [-0.25, -0.2) is 4.79 Å². The molecule has 1 N–H and O–H groups in total. The third-order valence-electron chi connectivity index (χ3n) is 2.03. The van der Waals surface area contributed by atoms with Gasteiger partial charge in [0.15, 0.2) is 6.10 Å². The van der Waals surface area contributed by atoms with Crippen molar-refractivity contribution in [2.45, 2.75) is 20.0 Å². The average molecular weight is 237 g/mol. The number of carbonyl (C=O) groups excluding carboxylic acids is 2. The highest BCUT2D eigenvalue weighted by Gasteiger charge is 2.16. The molecule has 0 saturated carbocycles. The number of carbonyl (C=O) groups is 2. The molecule has 1 rings (SSSR count). The van der Waals surface area contributed by atoms with Gasteiger partial charge in [0.25, 0.3) is 0 Å². The van der Waals surface area contributed by atoms with Gasteiger partial charge >= 0.3 is 5.97 Å². The van der Waals surface area contributed by atoms with E-state index in [9.17, 15) is 9.59 Å². The van der Waals surface area contributed by atoms with Crippen LogP contribution in [-0.2, 0) is 14.3 Å². The fraction of sp³-hybridized carbons (Fsp3) is 0.333. The zero-order valence-corrected chi connectivity index (χ0v) is 10.0. The Morgan fingerprint density at radius 3 is 2.53 bits per heavy atom. The Morgan fingerprint density at radius 1 is 1.29 bits per heavy atom. The molecule has 0 aliphatic heterocycles. The number of amides is 1. The van der Waals surface area contributed by atoms with Crippen molar-refractivity contribution in [1.82, 2.24) is 0 Å². The van der Waals surface area contributed by atoms with E-state index in [0.29, 0.717) is 11.4 Å². The van der Waals surface area contributed by atoms with Crippen LogP contribution in [0.2, 0.25) is 0 Å². The van der Waals surface area contributed by atoms with Crippen LogP contribution in [0.3, 0.4) is 0 Å². The van der Waals surface area contributed by atoms with Crippen LogP contribution in [0.15, 0.2) is 24.3 Å². The Balaban J connectivity index is 2.83. The Morgan fingerprint density at radius 2 is 1.94 bits per heavy atom. The number of esters is 1. The Labute approximate surface area is 99.7 Å². The summed E-state index contributed by atoms with van der Waals surface area (Å²) in [5, 5.41) is 2.62. The molecular weight excluding hydrogens is 222 g/mol. The molecule has 0 spiro atoms. The van der Waals surface area contributed by atoms with Gasteiger partial charge in [-0.05, 0) is 19.1 Å². The van der Waals surface area contributed by atoms with Crippen molar-refractivity contribution in [3.63, 3.8) is 0 Å². The number of benzene rings is 1. The monoisotopic (exact) mass is 237 g/mol. The van der Waals surface area contributed by atoms with Gasteiger partial charge in [-0.15, -0.1) is 0 Å². The van der Waals surface area contributed by atoms with Crippen LogP contribution in [0, 0.1) is 0 Å². The molecule has 1 aromatic carbocycles. The van der Waals surface area contributed by atoms with Crippen LogP contribution in [0.25, 0.3) is 0 Å². The van der Waals surface area contributed by atoms with E-state index >= 15 is 0 Å². The van der Waals surface area contributed by atoms with E-state index < -0.39 is 12.1 Å². The summed E-state index contributed by atoms with van der Waals surface area (Å²) >= 11 is 0. The Kier molecular flexibility index (Phi) is 4.51. The van der Waals surface area contributed by atoms with Gasteiger partial charge in [-0.2, -0.15) is 0 Å². The van der Waals surface area contributed by atoms with Gasteiger partial charge in [0.2, 0.25) is 5.91 Å². The van der Waals surface area contributed by atoms with Crippen LogP contribution in [-0.4, -0.2) is 25.1 Å². The number of para-hydroxylation sites is 2. The molecule has 0 aliphatic rings. The van der Waals surface area contributed by atoms with E-state index in [-0.39, 0.29) is 5.91 Å². The Bertz CT molecular complexity index is 417. The Hall–Kier alpha value is -2.04. The highest BCUT2D eigenvalue weighted by molar-refractivity contribution is 5.90. The highest BCUT2D eigenvalue weighted by atomic mass is 16.6. The van der Waals surface area contributed by atoms with Gasteiger partial charge in [-0.1, -0.05) is 12.1 Å². The third kappa shape index (κ3) is 3.79. The van der Waals surface area contributed by atoms with Crippen LogP contribution in [0.5, 0.6) is 5.75 Å². The second-order valence-electron chi connectivity index (χ2n) is 3.46. The summed E-state index contributed by atoms with van der Waals surface area (Å²) in [5.74, 6) is -0.241. The molecule has 0 radical (unpaired) electrons. The number of rotatable bonds is 4. The summed E-state index contributed by atoms with van der Waals surface area (Å²) in [7, 11) is 1.29. The average Bonchev–Trinajstić information content (AvgIpc) is 2.29. The van der Waals surface area contributed by atoms with E-state index in [1.165, 1.54) is 14.0 Å². The number of anilines is 1.